The average molecular weight is 159 g/mol. The number of rotatable bonds is 3. The number of aliphatic carboxylic acids is 1. The maximum atomic E-state index is 9.68. The van der Waals surface area contributed by atoms with Crippen molar-refractivity contribution in [3.63, 3.8) is 0 Å². The van der Waals surface area contributed by atoms with E-state index in [1.54, 1.807) is 0 Å². The molecule has 0 rings (SSSR count). The predicted octanol–water partition coefficient (Wildman–Crippen LogP) is 0.105. The number of methoxy groups -OCH3 is 1. The number of ether oxygens (including phenoxy) is 1. The van der Waals surface area contributed by atoms with Crippen molar-refractivity contribution in [2.75, 3.05) is 13.7 Å². The molecule has 0 bridgehead atoms. The first-order valence-corrected chi connectivity index (χ1v) is 1.98. The molecule has 0 amide bonds. The van der Waals surface area contributed by atoms with E-state index in [2.05, 4.69) is 4.74 Å². The molecule has 0 aliphatic carbocycles. The zero-order valence-electron chi connectivity index (χ0n) is 4.56. The van der Waals surface area contributed by atoms with Gasteiger partial charge in [-0.15, -0.1) is 0 Å². The third-order valence-corrected chi connectivity index (χ3v) is 0.520. The van der Waals surface area contributed by atoms with Crippen LogP contribution in [0.2, 0.25) is 0 Å². The van der Waals surface area contributed by atoms with E-state index in [0.29, 0.717) is 6.61 Å². The Balaban J connectivity index is 0. The fourth-order valence-corrected chi connectivity index (χ4v) is 0.189. The van der Waals surface area contributed by atoms with Crippen LogP contribution in [0.4, 0.5) is 0 Å². The van der Waals surface area contributed by atoms with E-state index < -0.39 is 5.97 Å². The zero-order chi connectivity index (χ0) is 5.70. The first-order chi connectivity index (χ1) is 3.27. The number of carboxylic acid groups (broad SMARTS) is 1. The van der Waals surface area contributed by atoms with Gasteiger partial charge in [-0.3, -0.25) is 4.79 Å². The summed E-state index contributed by atoms with van der Waals surface area (Å²) in [5.74, 6) is -0.818. The Morgan fingerprint density at radius 2 is 2.25 bits per heavy atom. The molecule has 3 nitrogen and oxygen atoms in total. The summed E-state index contributed by atoms with van der Waals surface area (Å²) in [5.41, 5.74) is 0. The van der Waals surface area contributed by atoms with Gasteiger partial charge in [0.05, 0.1) is 13.0 Å². The monoisotopic (exact) mass is 159 g/mol. The molecule has 1 radical (unpaired) electrons. The third-order valence-electron chi connectivity index (χ3n) is 0.520. The molecule has 49 valence electrons. The van der Waals surface area contributed by atoms with Gasteiger partial charge in [0, 0.05) is 24.2 Å². The van der Waals surface area contributed by atoms with Crippen LogP contribution in [0.1, 0.15) is 6.42 Å². The first-order valence-electron chi connectivity index (χ1n) is 1.98. The van der Waals surface area contributed by atoms with Crippen molar-refractivity contribution < 1.29 is 31.7 Å². The average Bonchev–Trinajstić information content (AvgIpc) is 1.61. The fourth-order valence-electron chi connectivity index (χ4n) is 0.189. The van der Waals surface area contributed by atoms with Gasteiger partial charge in [-0.1, -0.05) is 0 Å². The summed E-state index contributed by atoms with van der Waals surface area (Å²) >= 11 is 0. The van der Waals surface area contributed by atoms with E-state index in [1.807, 2.05) is 0 Å². The molecule has 0 aliphatic rings. The minimum atomic E-state index is -0.818. The standard InChI is InChI=1S/C4H8O3.Mn/c1-7-3-2-4(5)6;/h2-3H2,1H3,(H,5,6);. The number of hydrogen-bond donors (Lipinski definition) is 1. The summed E-state index contributed by atoms with van der Waals surface area (Å²) in [4.78, 5) is 9.68. The van der Waals surface area contributed by atoms with Crippen LogP contribution in [0.15, 0.2) is 0 Å². The molecule has 0 aromatic rings. The van der Waals surface area contributed by atoms with Crippen LogP contribution in [-0.4, -0.2) is 24.8 Å². The molecule has 0 fully saturated rings. The van der Waals surface area contributed by atoms with Gasteiger partial charge in [-0.2, -0.15) is 0 Å². The van der Waals surface area contributed by atoms with Gasteiger partial charge in [0.2, 0.25) is 0 Å². The summed E-state index contributed by atoms with van der Waals surface area (Å²) < 4.78 is 4.47. The van der Waals surface area contributed by atoms with Gasteiger partial charge in [-0.05, 0) is 0 Å². The molecule has 4 heteroatoms. The van der Waals surface area contributed by atoms with E-state index in [1.165, 1.54) is 7.11 Å². The van der Waals surface area contributed by atoms with E-state index in [0.717, 1.165) is 0 Å². The Kier molecular flexibility index (Phi) is 9.42. The topological polar surface area (TPSA) is 46.5 Å². The van der Waals surface area contributed by atoms with Crippen LogP contribution in [0.5, 0.6) is 0 Å². The van der Waals surface area contributed by atoms with E-state index in [9.17, 15) is 4.79 Å². The Hall–Kier alpha value is -0.0505. The molecule has 0 aliphatic heterocycles. The van der Waals surface area contributed by atoms with Crippen molar-refractivity contribution in [2.24, 2.45) is 0 Å². The Labute approximate surface area is 58.5 Å². The SMILES string of the molecule is COCCC(=O)O.[Mn]. The Morgan fingerprint density at radius 1 is 1.75 bits per heavy atom. The summed E-state index contributed by atoms with van der Waals surface area (Å²) in [6.07, 6.45) is 0.0938. The van der Waals surface area contributed by atoms with Crippen molar-refractivity contribution in [3.05, 3.63) is 0 Å². The van der Waals surface area contributed by atoms with E-state index >= 15 is 0 Å². The smallest absolute Gasteiger partial charge is 0.305 e. The van der Waals surface area contributed by atoms with Gasteiger partial charge >= 0.3 is 5.97 Å². The van der Waals surface area contributed by atoms with Crippen molar-refractivity contribution in [1.82, 2.24) is 0 Å². The summed E-state index contributed by atoms with van der Waals surface area (Å²) in [7, 11) is 1.48. The number of hydrogen-bond acceptors (Lipinski definition) is 2. The Bertz CT molecular complexity index is 64.3. The maximum Gasteiger partial charge on any atom is 0.305 e. The molecular formula is C4H8MnO3. The molecular weight excluding hydrogens is 151 g/mol. The predicted molar refractivity (Wildman–Crippen MR) is 24.1 cm³/mol. The molecule has 0 saturated carbocycles. The molecule has 0 aromatic carbocycles. The molecule has 8 heavy (non-hydrogen) atoms. The van der Waals surface area contributed by atoms with Gasteiger partial charge < -0.3 is 9.84 Å². The van der Waals surface area contributed by atoms with Crippen molar-refractivity contribution in [3.8, 4) is 0 Å². The molecule has 1 N–H and O–H groups in total. The number of carbonyl (C=O) groups is 1. The van der Waals surface area contributed by atoms with Crippen molar-refractivity contribution >= 4 is 5.97 Å². The number of carboxylic acids is 1. The summed E-state index contributed by atoms with van der Waals surface area (Å²) in [6.45, 7) is 0.301. The van der Waals surface area contributed by atoms with Crippen LogP contribution < -0.4 is 0 Å². The fraction of sp³-hybridized carbons (Fsp3) is 0.750. The van der Waals surface area contributed by atoms with Crippen LogP contribution >= 0.6 is 0 Å². The molecule has 0 atom stereocenters. The molecule has 0 aromatic heterocycles. The van der Waals surface area contributed by atoms with Gasteiger partial charge in [-0.25, -0.2) is 0 Å². The largest absolute Gasteiger partial charge is 0.481 e. The van der Waals surface area contributed by atoms with E-state index in [4.69, 9.17) is 5.11 Å². The van der Waals surface area contributed by atoms with Gasteiger partial charge in [0.1, 0.15) is 0 Å². The van der Waals surface area contributed by atoms with E-state index in [-0.39, 0.29) is 23.5 Å². The second-order valence-electron chi connectivity index (χ2n) is 1.14. The quantitative estimate of drug-likeness (QED) is 0.594. The van der Waals surface area contributed by atoms with Crippen LogP contribution in [0.25, 0.3) is 0 Å². The van der Waals surface area contributed by atoms with Crippen LogP contribution in [0.3, 0.4) is 0 Å². The minimum Gasteiger partial charge on any atom is -0.481 e. The maximum absolute atomic E-state index is 9.68. The second-order valence-corrected chi connectivity index (χ2v) is 1.14. The molecule has 0 unspecified atom stereocenters. The summed E-state index contributed by atoms with van der Waals surface area (Å²) in [6, 6.07) is 0. The zero-order valence-corrected chi connectivity index (χ0v) is 5.74. The first kappa shape index (κ1) is 10.8. The van der Waals surface area contributed by atoms with Crippen molar-refractivity contribution in [2.45, 2.75) is 6.42 Å². The summed E-state index contributed by atoms with van der Waals surface area (Å²) in [5, 5.41) is 7.96. The molecule has 0 spiro atoms. The molecule has 0 heterocycles. The van der Waals surface area contributed by atoms with Gasteiger partial charge in [0.25, 0.3) is 0 Å². The van der Waals surface area contributed by atoms with Crippen molar-refractivity contribution in [1.29, 1.82) is 0 Å². The normalized spacial score (nSPS) is 7.62. The van der Waals surface area contributed by atoms with Crippen LogP contribution in [-0.2, 0) is 26.6 Å². The van der Waals surface area contributed by atoms with Gasteiger partial charge in [0.15, 0.2) is 0 Å². The van der Waals surface area contributed by atoms with Crippen LogP contribution in [0, 0.1) is 0 Å². The molecule has 0 saturated heterocycles. The Morgan fingerprint density at radius 3 is 2.38 bits per heavy atom. The third kappa shape index (κ3) is 9.34. The minimum absolute atomic E-state index is 0. The second kappa shape index (κ2) is 6.95.